The smallest absolute Gasteiger partial charge is 0.262 e. The highest BCUT2D eigenvalue weighted by Crippen LogP contribution is 2.26. The second kappa shape index (κ2) is 9.27. The van der Waals surface area contributed by atoms with Crippen LogP contribution in [0.25, 0.3) is 0 Å². The lowest BCUT2D eigenvalue weighted by atomic mass is 10.2. The molecule has 30 heavy (non-hydrogen) atoms. The lowest BCUT2D eigenvalue weighted by Crippen LogP contribution is -2.23. The van der Waals surface area contributed by atoms with Crippen molar-refractivity contribution in [3.05, 3.63) is 88.1 Å². The molecule has 0 radical (unpaired) electrons. The molecule has 0 spiro atoms. The zero-order valence-electron chi connectivity index (χ0n) is 15.9. The quantitative estimate of drug-likeness (QED) is 0.514. The lowest BCUT2D eigenvalue weighted by Gasteiger charge is -2.12. The molecule has 6 nitrogen and oxygen atoms in total. The van der Waals surface area contributed by atoms with Crippen LogP contribution in [-0.4, -0.2) is 21.4 Å². The molecular weight excluding hydrogens is 475 g/mol. The fraction of sp³-hybridized carbons (Fsp3) is 0.0952. The summed E-state index contributed by atoms with van der Waals surface area (Å²) in [5.74, 6) is -0.427. The van der Waals surface area contributed by atoms with Gasteiger partial charge in [-0.1, -0.05) is 28.1 Å². The van der Waals surface area contributed by atoms with E-state index < -0.39 is 21.7 Å². The monoisotopic (exact) mass is 492 g/mol. The lowest BCUT2D eigenvalue weighted by molar-refractivity contribution is 0.0950. The van der Waals surface area contributed by atoms with Crippen molar-refractivity contribution in [2.75, 3.05) is 11.8 Å². The van der Waals surface area contributed by atoms with Crippen molar-refractivity contribution in [1.29, 1.82) is 0 Å². The number of nitrogens with one attached hydrogen (secondary N) is 2. The standard InChI is InChI=1S/C21H18BrFN2O4S/c1-29-20-5-3-2-4-19(20)25-30(27,28)18-8-6-15(7-9-18)21(26)24-13-14-10-16(22)12-17(23)11-14/h2-12,25H,13H2,1H3,(H,24,26). The van der Waals surface area contributed by atoms with Gasteiger partial charge in [-0.25, -0.2) is 12.8 Å². The number of sulfonamides is 1. The first kappa shape index (κ1) is 21.8. The summed E-state index contributed by atoms with van der Waals surface area (Å²) >= 11 is 3.20. The number of amides is 1. The van der Waals surface area contributed by atoms with Crippen LogP contribution in [0, 0.1) is 5.82 Å². The van der Waals surface area contributed by atoms with Crippen molar-refractivity contribution in [2.45, 2.75) is 11.4 Å². The number of hydrogen-bond donors (Lipinski definition) is 2. The Morgan fingerprint density at radius 2 is 1.77 bits per heavy atom. The Morgan fingerprint density at radius 1 is 1.07 bits per heavy atom. The number of benzene rings is 3. The fourth-order valence-electron chi connectivity index (χ4n) is 2.72. The predicted molar refractivity (Wildman–Crippen MR) is 116 cm³/mol. The third-order valence-electron chi connectivity index (χ3n) is 4.15. The Bertz CT molecular complexity index is 1150. The van der Waals surface area contributed by atoms with E-state index in [2.05, 4.69) is 26.0 Å². The van der Waals surface area contributed by atoms with Crippen molar-refractivity contribution >= 4 is 37.5 Å². The first-order valence-electron chi connectivity index (χ1n) is 8.77. The normalized spacial score (nSPS) is 11.0. The van der Waals surface area contributed by atoms with Gasteiger partial charge in [0, 0.05) is 16.6 Å². The number of ether oxygens (including phenoxy) is 1. The van der Waals surface area contributed by atoms with Crippen LogP contribution in [0.5, 0.6) is 5.75 Å². The molecule has 0 aromatic heterocycles. The van der Waals surface area contributed by atoms with Crippen LogP contribution in [-0.2, 0) is 16.6 Å². The van der Waals surface area contributed by atoms with Crippen LogP contribution >= 0.6 is 15.9 Å². The molecule has 0 aliphatic rings. The molecule has 0 fully saturated rings. The highest BCUT2D eigenvalue weighted by atomic mass is 79.9. The number of halogens is 2. The largest absolute Gasteiger partial charge is 0.495 e. The van der Waals surface area contributed by atoms with Gasteiger partial charge >= 0.3 is 0 Å². The summed E-state index contributed by atoms with van der Waals surface area (Å²) in [5.41, 5.74) is 1.18. The summed E-state index contributed by atoms with van der Waals surface area (Å²) in [6.45, 7) is 0.130. The van der Waals surface area contributed by atoms with E-state index in [0.29, 0.717) is 21.5 Å². The van der Waals surface area contributed by atoms with Crippen LogP contribution in [0.15, 0.2) is 76.1 Å². The Kier molecular flexibility index (Phi) is 6.73. The van der Waals surface area contributed by atoms with Gasteiger partial charge in [-0.15, -0.1) is 0 Å². The molecule has 2 N–H and O–H groups in total. The number of para-hydroxylation sites is 2. The van der Waals surface area contributed by atoms with E-state index in [4.69, 9.17) is 4.74 Å². The first-order chi connectivity index (χ1) is 14.3. The molecule has 3 aromatic rings. The molecule has 0 atom stereocenters. The highest BCUT2D eigenvalue weighted by Gasteiger charge is 2.17. The van der Waals surface area contributed by atoms with Crippen molar-refractivity contribution < 1.29 is 22.3 Å². The molecule has 3 rings (SSSR count). The van der Waals surface area contributed by atoms with E-state index in [9.17, 15) is 17.6 Å². The number of methoxy groups -OCH3 is 1. The van der Waals surface area contributed by atoms with E-state index >= 15 is 0 Å². The molecule has 1 amide bonds. The Balaban J connectivity index is 1.69. The van der Waals surface area contributed by atoms with E-state index in [1.54, 1.807) is 30.3 Å². The van der Waals surface area contributed by atoms with Gasteiger partial charge in [0.25, 0.3) is 15.9 Å². The minimum atomic E-state index is -3.86. The topological polar surface area (TPSA) is 84.5 Å². The van der Waals surface area contributed by atoms with Gasteiger partial charge in [-0.3, -0.25) is 9.52 Å². The fourth-order valence-corrected chi connectivity index (χ4v) is 4.30. The van der Waals surface area contributed by atoms with Crippen LogP contribution in [0.4, 0.5) is 10.1 Å². The molecule has 0 heterocycles. The minimum absolute atomic E-state index is 0.000910. The van der Waals surface area contributed by atoms with Gasteiger partial charge in [0.2, 0.25) is 0 Å². The molecular formula is C21H18BrFN2O4S. The minimum Gasteiger partial charge on any atom is -0.495 e. The van der Waals surface area contributed by atoms with Crippen LogP contribution in [0.3, 0.4) is 0 Å². The average Bonchev–Trinajstić information content (AvgIpc) is 2.71. The number of anilines is 1. The molecule has 3 aromatic carbocycles. The van der Waals surface area contributed by atoms with Crippen LogP contribution in [0.2, 0.25) is 0 Å². The predicted octanol–water partition coefficient (Wildman–Crippen LogP) is 4.33. The van der Waals surface area contributed by atoms with Gasteiger partial charge in [0.15, 0.2) is 0 Å². The van der Waals surface area contributed by atoms with E-state index in [-0.39, 0.29) is 17.0 Å². The van der Waals surface area contributed by atoms with Gasteiger partial charge in [-0.2, -0.15) is 0 Å². The van der Waals surface area contributed by atoms with Crippen molar-refractivity contribution in [3.8, 4) is 5.75 Å². The molecule has 0 aliphatic carbocycles. The zero-order valence-corrected chi connectivity index (χ0v) is 18.3. The number of carbonyl (C=O) groups excluding carboxylic acids is 1. The van der Waals surface area contributed by atoms with Gasteiger partial charge in [-0.05, 0) is 60.2 Å². The zero-order chi connectivity index (χ0) is 21.7. The van der Waals surface area contributed by atoms with Crippen molar-refractivity contribution in [2.24, 2.45) is 0 Å². The summed E-state index contributed by atoms with van der Waals surface area (Å²) in [6, 6.07) is 16.5. The maximum absolute atomic E-state index is 13.4. The van der Waals surface area contributed by atoms with Gasteiger partial charge < -0.3 is 10.1 Å². The third-order valence-corrected chi connectivity index (χ3v) is 5.99. The molecule has 0 bridgehead atoms. The Morgan fingerprint density at radius 3 is 2.43 bits per heavy atom. The average molecular weight is 493 g/mol. The third kappa shape index (κ3) is 5.37. The van der Waals surface area contributed by atoms with Gasteiger partial charge in [0.05, 0.1) is 17.7 Å². The second-order valence-corrected chi connectivity index (χ2v) is 8.89. The maximum Gasteiger partial charge on any atom is 0.262 e. The molecule has 9 heteroatoms. The number of carbonyl (C=O) groups is 1. The number of rotatable bonds is 7. The Labute approximate surface area is 182 Å². The van der Waals surface area contributed by atoms with Crippen molar-refractivity contribution in [1.82, 2.24) is 5.32 Å². The maximum atomic E-state index is 13.4. The van der Waals surface area contributed by atoms with Crippen molar-refractivity contribution in [3.63, 3.8) is 0 Å². The molecule has 156 valence electrons. The highest BCUT2D eigenvalue weighted by molar-refractivity contribution is 9.10. The summed E-state index contributed by atoms with van der Waals surface area (Å²) in [7, 11) is -2.41. The van der Waals surface area contributed by atoms with E-state index in [0.717, 1.165) is 0 Å². The molecule has 0 saturated heterocycles. The van der Waals surface area contributed by atoms with Gasteiger partial charge in [0.1, 0.15) is 11.6 Å². The first-order valence-corrected chi connectivity index (χ1v) is 11.1. The summed E-state index contributed by atoms with van der Waals surface area (Å²) in [5, 5.41) is 2.67. The second-order valence-electron chi connectivity index (χ2n) is 6.29. The summed E-state index contributed by atoms with van der Waals surface area (Å²) in [6.07, 6.45) is 0. The van der Waals surface area contributed by atoms with E-state index in [1.807, 2.05) is 0 Å². The molecule has 0 unspecified atom stereocenters. The summed E-state index contributed by atoms with van der Waals surface area (Å²) in [4.78, 5) is 12.3. The molecule has 0 saturated carbocycles. The van der Waals surface area contributed by atoms with Crippen LogP contribution < -0.4 is 14.8 Å². The van der Waals surface area contributed by atoms with E-state index in [1.165, 1.54) is 43.5 Å². The number of hydrogen-bond acceptors (Lipinski definition) is 4. The Hall–Kier alpha value is -2.91. The molecule has 0 aliphatic heterocycles. The SMILES string of the molecule is COc1ccccc1NS(=O)(=O)c1ccc(C(=O)NCc2cc(F)cc(Br)c2)cc1. The summed E-state index contributed by atoms with van der Waals surface area (Å²) < 4.78 is 46.8. The van der Waals surface area contributed by atoms with Crippen LogP contribution in [0.1, 0.15) is 15.9 Å².